The molecule has 0 saturated heterocycles. The van der Waals surface area contributed by atoms with Gasteiger partial charge in [0.2, 0.25) is 0 Å². The molecule has 24 heavy (non-hydrogen) atoms. The van der Waals surface area contributed by atoms with Crippen molar-refractivity contribution in [3.8, 4) is 11.5 Å². The first-order chi connectivity index (χ1) is 11.2. The second kappa shape index (κ2) is 8.78. The zero-order valence-electron chi connectivity index (χ0n) is 13.0. The third kappa shape index (κ3) is 4.78. The molecule has 1 aliphatic heterocycles. The lowest BCUT2D eigenvalue weighted by Crippen LogP contribution is -2.23. The smallest absolute Gasteiger partial charge is 0.193 e. The Morgan fingerprint density at radius 3 is 2.79 bits per heavy atom. The molecule has 2 heterocycles. The van der Waals surface area contributed by atoms with Gasteiger partial charge in [-0.3, -0.25) is 0 Å². The Kier molecular flexibility index (Phi) is 6.73. The van der Waals surface area contributed by atoms with Gasteiger partial charge in [-0.1, -0.05) is 0 Å². The molecule has 0 spiro atoms. The molecule has 0 saturated carbocycles. The number of halogens is 1. The van der Waals surface area contributed by atoms with Crippen LogP contribution in [0.4, 0.5) is 5.69 Å². The number of guanidine groups is 1. The van der Waals surface area contributed by atoms with Crippen molar-refractivity contribution >= 4 is 35.6 Å². The van der Waals surface area contributed by atoms with Crippen LogP contribution in [0.25, 0.3) is 0 Å². The Bertz CT molecular complexity index is 676. The van der Waals surface area contributed by atoms with Crippen molar-refractivity contribution in [3.05, 3.63) is 42.4 Å². The van der Waals surface area contributed by atoms with Gasteiger partial charge in [-0.05, 0) is 24.3 Å². The first-order valence-electron chi connectivity index (χ1n) is 7.40. The molecule has 8 heteroatoms. The molecule has 1 unspecified atom stereocenters. The number of fused-ring (bicyclic) bond motifs is 1. The van der Waals surface area contributed by atoms with E-state index in [0.717, 1.165) is 17.9 Å². The van der Waals surface area contributed by atoms with E-state index < -0.39 is 6.10 Å². The number of nitrogens with zero attached hydrogens (tertiary/aromatic N) is 1. The third-order valence-corrected chi connectivity index (χ3v) is 3.33. The monoisotopic (exact) mass is 445 g/mol. The fourth-order valence-electron chi connectivity index (χ4n) is 2.18. The van der Waals surface area contributed by atoms with Crippen LogP contribution in [0.5, 0.6) is 11.5 Å². The van der Waals surface area contributed by atoms with E-state index in [0.29, 0.717) is 24.7 Å². The average molecular weight is 445 g/mol. The molecule has 4 N–H and O–H groups in total. The summed E-state index contributed by atoms with van der Waals surface area (Å²) < 4.78 is 16.3. The maximum atomic E-state index is 9.89. The number of hydrogen-bond acceptors (Lipinski definition) is 5. The number of hydrogen-bond donors (Lipinski definition) is 3. The van der Waals surface area contributed by atoms with Gasteiger partial charge in [-0.15, -0.1) is 24.0 Å². The molecule has 0 bridgehead atoms. The summed E-state index contributed by atoms with van der Waals surface area (Å²) >= 11 is 0. The van der Waals surface area contributed by atoms with E-state index in [2.05, 4.69) is 10.3 Å². The van der Waals surface area contributed by atoms with Gasteiger partial charge >= 0.3 is 0 Å². The predicted molar refractivity (Wildman–Crippen MR) is 101 cm³/mol. The standard InChI is InChI=1S/C16H19N3O4.HI/c17-16(18-10-12(20)13-3-1-6-21-13)19-11-4-5-14-15(9-11)23-8-2-7-22-14;/h1,3-6,9,12,20H,2,7-8,10H2,(H3,17,18,19);1H. The van der Waals surface area contributed by atoms with Gasteiger partial charge in [0.15, 0.2) is 17.5 Å². The summed E-state index contributed by atoms with van der Waals surface area (Å²) in [5, 5.41) is 12.9. The van der Waals surface area contributed by atoms with E-state index >= 15 is 0 Å². The highest BCUT2D eigenvalue weighted by atomic mass is 127. The van der Waals surface area contributed by atoms with E-state index in [1.807, 2.05) is 18.2 Å². The minimum absolute atomic E-state index is 0. The molecule has 2 aromatic rings. The summed E-state index contributed by atoms with van der Waals surface area (Å²) in [4.78, 5) is 4.11. The van der Waals surface area contributed by atoms with Crippen molar-refractivity contribution in [1.82, 2.24) is 0 Å². The number of aliphatic hydroxyl groups excluding tert-OH is 1. The van der Waals surface area contributed by atoms with Crippen LogP contribution in [0, 0.1) is 0 Å². The number of aliphatic hydroxyl groups is 1. The van der Waals surface area contributed by atoms with Crippen LogP contribution in [0.3, 0.4) is 0 Å². The van der Waals surface area contributed by atoms with Crippen LogP contribution in [0.1, 0.15) is 18.3 Å². The largest absolute Gasteiger partial charge is 0.490 e. The highest BCUT2D eigenvalue weighted by Gasteiger charge is 2.12. The van der Waals surface area contributed by atoms with Crippen molar-refractivity contribution in [2.75, 3.05) is 25.1 Å². The molecule has 1 aromatic heterocycles. The average Bonchev–Trinajstić information content (AvgIpc) is 2.99. The van der Waals surface area contributed by atoms with Crippen LogP contribution in [0.2, 0.25) is 0 Å². The van der Waals surface area contributed by atoms with Crippen molar-refractivity contribution < 1.29 is 19.0 Å². The molecule has 0 radical (unpaired) electrons. The van der Waals surface area contributed by atoms with Gasteiger partial charge in [-0.25, -0.2) is 4.99 Å². The van der Waals surface area contributed by atoms with E-state index in [1.165, 1.54) is 6.26 Å². The second-order valence-corrected chi connectivity index (χ2v) is 5.09. The summed E-state index contributed by atoms with van der Waals surface area (Å²) in [5.74, 6) is 2.05. The summed E-state index contributed by atoms with van der Waals surface area (Å²) in [6.45, 7) is 1.38. The Morgan fingerprint density at radius 1 is 1.25 bits per heavy atom. The molecule has 130 valence electrons. The first-order valence-corrected chi connectivity index (χ1v) is 7.40. The van der Waals surface area contributed by atoms with Gasteiger partial charge in [0, 0.05) is 18.2 Å². The van der Waals surface area contributed by atoms with Crippen molar-refractivity contribution in [2.45, 2.75) is 12.5 Å². The number of anilines is 1. The molecule has 0 aliphatic carbocycles. The lowest BCUT2D eigenvalue weighted by Gasteiger charge is -2.11. The van der Waals surface area contributed by atoms with Crippen LogP contribution in [0.15, 0.2) is 46.0 Å². The summed E-state index contributed by atoms with van der Waals surface area (Å²) in [5.41, 5.74) is 6.58. The molecular weight excluding hydrogens is 425 g/mol. The molecule has 0 amide bonds. The summed E-state index contributed by atoms with van der Waals surface area (Å²) in [6.07, 6.45) is 1.53. The number of aliphatic imine (C=N–C) groups is 1. The number of ether oxygens (including phenoxy) is 2. The normalized spacial score (nSPS) is 15.1. The van der Waals surface area contributed by atoms with E-state index in [4.69, 9.17) is 19.6 Å². The fraction of sp³-hybridized carbons (Fsp3) is 0.312. The predicted octanol–water partition coefficient (Wildman–Crippen LogP) is 2.52. The number of nitrogens with two attached hydrogens (primary N) is 1. The molecule has 0 fully saturated rings. The summed E-state index contributed by atoms with van der Waals surface area (Å²) in [7, 11) is 0. The van der Waals surface area contributed by atoms with Crippen LogP contribution in [-0.4, -0.2) is 30.8 Å². The number of furan rings is 1. The number of rotatable bonds is 4. The van der Waals surface area contributed by atoms with E-state index in [-0.39, 0.29) is 36.5 Å². The first kappa shape index (κ1) is 18.4. The molecule has 7 nitrogen and oxygen atoms in total. The highest BCUT2D eigenvalue weighted by Crippen LogP contribution is 2.32. The number of nitrogens with one attached hydrogen (secondary N) is 1. The zero-order chi connectivity index (χ0) is 16.1. The Balaban J connectivity index is 0.00000208. The van der Waals surface area contributed by atoms with Crippen LogP contribution >= 0.6 is 24.0 Å². The highest BCUT2D eigenvalue weighted by molar-refractivity contribution is 14.0. The molecular formula is C16H20IN3O4. The lowest BCUT2D eigenvalue weighted by molar-refractivity contribution is 0.158. The van der Waals surface area contributed by atoms with Crippen LogP contribution < -0.4 is 20.5 Å². The summed E-state index contributed by atoms with van der Waals surface area (Å²) in [6, 6.07) is 8.87. The van der Waals surface area contributed by atoms with Gasteiger partial charge in [-0.2, -0.15) is 0 Å². The van der Waals surface area contributed by atoms with E-state index in [1.54, 1.807) is 12.1 Å². The van der Waals surface area contributed by atoms with Crippen LogP contribution in [-0.2, 0) is 0 Å². The fourth-order valence-corrected chi connectivity index (χ4v) is 2.18. The van der Waals surface area contributed by atoms with Crippen molar-refractivity contribution in [3.63, 3.8) is 0 Å². The van der Waals surface area contributed by atoms with Gasteiger partial charge in [0.25, 0.3) is 0 Å². The Morgan fingerprint density at radius 2 is 2.04 bits per heavy atom. The maximum absolute atomic E-state index is 9.89. The Labute approximate surface area is 156 Å². The lowest BCUT2D eigenvalue weighted by atomic mass is 10.2. The topological polar surface area (TPSA) is 102 Å². The van der Waals surface area contributed by atoms with Crippen molar-refractivity contribution in [1.29, 1.82) is 0 Å². The third-order valence-electron chi connectivity index (χ3n) is 3.33. The Hall–Kier alpha value is -1.94. The minimum Gasteiger partial charge on any atom is -0.490 e. The second-order valence-electron chi connectivity index (χ2n) is 5.09. The molecule has 1 atom stereocenters. The molecule has 3 rings (SSSR count). The van der Waals surface area contributed by atoms with Crippen molar-refractivity contribution in [2.24, 2.45) is 10.7 Å². The molecule has 1 aliphatic rings. The zero-order valence-corrected chi connectivity index (χ0v) is 15.3. The quantitative estimate of drug-likeness (QED) is 0.380. The minimum atomic E-state index is -0.825. The van der Waals surface area contributed by atoms with Gasteiger partial charge < -0.3 is 30.0 Å². The SMILES string of the molecule is I.NC(=NCC(O)c1ccco1)Nc1ccc2c(c1)OCCCO2. The molecule has 1 aromatic carbocycles. The maximum Gasteiger partial charge on any atom is 0.193 e. The van der Waals surface area contributed by atoms with Gasteiger partial charge in [0.05, 0.1) is 26.0 Å². The number of benzene rings is 1. The van der Waals surface area contributed by atoms with Gasteiger partial charge in [0.1, 0.15) is 11.9 Å². The van der Waals surface area contributed by atoms with E-state index in [9.17, 15) is 5.11 Å².